The number of benzene rings is 1. The molecule has 3 rings (SSSR count). The van der Waals surface area contributed by atoms with Gasteiger partial charge < -0.3 is 0 Å². The summed E-state index contributed by atoms with van der Waals surface area (Å²) in [6, 6.07) is 8.76. The smallest absolute Gasteiger partial charge is 0.271 e. The van der Waals surface area contributed by atoms with Crippen LogP contribution in [0.25, 0.3) is 10.9 Å². The highest BCUT2D eigenvalue weighted by Crippen LogP contribution is 2.26. The van der Waals surface area contributed by atoms with E-state index in [1.807, 2.05) is 13.0 Å². The van der Waals surface area contributed by atoms with Gasteiger partial charge in [0.2, 0.25) is 0 Å². The van der Waals surface area contributed by atoms with Crippen LogP contribution in [0.5, 0.6) is 0 Å². The topological polar surface area (TPSA) is 74.8 Å². The first-order valence-electron chi connectivity index (χ1n) is 5.58. The molecule has 0 atom stereocenters. The van der Waals surface area contributed by atoms with Crippen LogP contribution in [0.1, 0.15) is 4.88 Å². The number of rotatable bonds is 3. The summed E-state index contributed by atoms with van der Waals surface area (Å²) in [5.74, 6) is 0. The first kappa shape index (κ1) is 12.2. The second-order valence-electron chi connectivity index (χ2n) is 4.11. The summed E-state index contributed by atoms with van der Waals surface area (Å²) >= 11 is 1.25. The molecule has 2 N–H and O–H groups in total. The first-order valence-corrected chi connectivity index (χ1v) is 7.87. The minimum absolute atomic E-state index is 0.307. The normalized spacial score (nSPS) is 11.8. The highest BCUT2D eigenvalue weighted by atomic mass is 32.2. The number of aromatic amines is 1. The van der Waals surface area contributed by atoms with Crippen LogP contribution >= 0.6 is 11.3 Å². The second-order valence-corrected chi connectivity index (χ2v) is 7.31. The molecule has 0 saturated heterocycles. The molecule has 3 aromatic rings. The molecule has 19 heavy (non-hydrogen) atoms. The van der Waals surface area contributed by atoms with E-state index in [0.717, 1.165) is 10.3 Å². The molecule has 5 nitrogen and oxygen atoms in total. The van der Waals surface area contributed by atoms with Crippen LogP contribution in [0.15, 0.2) is 40.7 Å². The van der Waals surface area contributed by atoms with E-state index in [9.17, 15) is 8.42 Å². The van der Waals surface area contributed by atoms with Crippen molar-refractivity contribution in [1.82, 2.24) is 10.2 Å². The lowest BCUT2D eigenvalue weighted by atomic mass is 10.2. The van der Waals surface area contributed by atoms with Gasteiger partial charge in [0.25, 0.3) is 10.0 Å². The van der Waals surface area contributed by atoms with Gasteiger partial charge in [-0.3, -0.25) is 9.82 Å². The van der Waals surface area contributed by atoms with Crippen molar-refractivity contribution in [3.8, 4) is 0 Å². The Kier molecular flexibility index (Phi) is 2.79. The minimum atomic E-state index is -3.54. The van der Waals surface area contributed by atoms with Crippen LogP contribution in [0, 0.1) is 6.92 Å². The van der Waals surface area contributed by atoms with Gasteiger partial charge in [0.15, 0.2) is 0 Å². The molecule has 7 heteroatoms. The molecule has 1 aromatic carbocycles. The summed E-state index contributed by atoms with van der Waals surface area (Å²) in [6.07, 6.45) is 1.66. The Balaban J connectivity index is 2.03. The molecular formula is C12H11N3O2S2. The molecule has 0 bridgehead atoms. The SMILES string of the molecule is Cc1ccc(S(=O)(=O)Nc2cccc3cn[nH]c23)s1. The fourth-order valence-corrected chi connectivity index (χ4v) is 4.16. The zero-order valence-corrected chi connectivity index (χ0v) is 11.7. The maximum absolute atomic E-state index is 12.2. The molecule has 0 aliphatic carbocycles. The molecule has 0 amide bonds. The number of H-pyrrole nitrogens is 1. The Labute approximate surface area is 114 Å². The number of thiophene rings is 1. The lowest BCUT2D eigenvalue weighted by Gasteiger charge is -2.06. The Morgan fingerprint density at radius 1 is 1.26 bits per heavy atom. The molecule has 98 valence electrons. The molecule has 2 aromatic heterocycles. The van der Waals surface area contributed by atoms with Crippen LogP contribution in [0.4, 0.5) is 5.69 Å². The summed E-state index contributed by atoms with van der Waals surface area (Å²) in [5, 5.41) is 7.57. The molecule has 0 saturated carbocycles. The van der Waals surface area contributed by atoms with Gasteiger partial charge in [-0.2, -0.15) is 5.10 Å². The molecule has 0 radical (unpaired) electrons. The summed E-state index contributed by atoms with van der Waals surface area (Å²) in [7, 11) is -3.54. The Hall–Kier alpha value is -1.86. The van der Waals surface area contributed by atoms with Crippen molar-refractivity contribution >= 4 is 38.0 Å². The monoisotopic (exact) mass is 293 g/mol. The van der Waals surface area contributed by atoms with Crippen molar-refractivity contribution in [1.29, 1.82) is 0 Å². The van der Waals surface area contributed by atoms with E-state index in [-0.39, 0.29) is 0 Å². The zero-order valence-electron chi connectivity index (χ0n) is 10.0. The van der Waals surface area contributed by atoms with E-state index in [0.29, 0.717) is 15.4 Å². The highest BCUT2D eigenvalue weighted by Gasteiger charge is 2.17. The number of fused-ring (bicyclic) bond motifs is 1. The number of nitrogens with one attached hydrogen (secondary N) is 2. The lowest BCUT2D eigenvalue weighted by molar-refractivity contribution is 0.603. The van der Waals surface area contributed by atoms with Crippen molar-refractivity contribution in [2.24, 2.45) is 0 Å². The Bertz CT molecular complexity index is 833. The average Bonchev–Trinajstić information content (AvgIpc) is 2.97. The van der Waals surface area contributed by atoms with Crippen LogP contribution in [0.2, 0.25) is 0 Å². The summed E-state index contributed by atoms with van der Waals surface area (Å²) in [4.78, 5) is 0.958. The van der Waals surface area contributed by atoms with Crippen molar-refractivity contribution < 1.29 is 8.42 Å². The number of nitrogens with zero attached hydrogens (tertiary/aromatic N) is 1. The van der Waals surface area contributed by atoms with Crippen molar-refractivity contribution in [3.63, 3.8) is 0 Å². The van der Waals surface area contributed by atoms with Gasteiger partial charge in [-0.25, -0.2) is 8.42 Å². The maximum atomic E-state index is 12.2. The molecule has 2 heterocycles. The van der Waals surface area contributed by atoms with Crippen LogP contribution in [-0.4, -0.2) is 18.6 Å². The van der Waals surface area contributed by atoms with Gasteiger partial charge in [0.05, 0.1) is 17.4 Å². The number of hydrogen-bond donors (Lipinski definition) is 2. The molecule has 0 fully saturated rings. The third kappa shape index (κ3) is 2.22. The predicted octanol–water partition coefficient (Wildman–Crippen LogP) is 2.73. The maximum Gasteiger partial charge on any atom is 0.271 e. The number of hydrogen-bond acceptors (Lipinski definition) is 4. The van der Waals surface area contributed by atoms with Crippen molar-refractivity contribution in [3.05, 3.63) is 41.4 Å². The van der Waals surface area contributed by atoms with E-state index in [1.54, 1.807) is 30.5 Å². The van der Waals surface area contributed by atoms with Gasteiger partial charge in [-0.1, -0.05) is 12.1 Å². The van der Waals surface area contributed by atoms with Gasteiger partial charge in [0.1, 0.15) is 4.21 Å². The third-order valence-electron chi connectivity index (χ3n) is 2.70. The van der Waals surface area contributed by atoms with Crippen molar-refractivity contribution in [2.75, 3.05) is 4.72 Å². The zero-order chi connectivity index (χ0) is 13.5. The van der Waals surface area contributed by atoms with Crippen molar-refractivity contribution in [2.45, 2.75) is 11.1 Å². The average molecular weight is 293 g/mol. The summed E-state index contributed by atoms with van der Waals surface area (Å²) in [5.41, 5.74) is 1.18. The molecular weight excluding hydrogens is 282 g/mol. The molecule has 0 aliphatic rings. The summed E-state index contributed by atoms with van der Waals surface area (Å²) in [6.45, 7) is 1.87. The third-order valence-corrected chi connectivity index (χ3v) is 5.56. The molecule has 0 spiro atoms. The number of aryl methyl sites for hydroxylation is 1. The second kappa shape index (κ2) is 4.36. The Morgan fingerprint density at radius 2 is 2.11 bits per heavy atom. The van der Waals surface area contributed by atoms with E-state index in [1.165, 1.54) is 11.3 Å². The molecule has 0 aliphatic heterocycles. The standard InChI is InChI=1S/C12H11N3O2S2/c1-8-5-6-11(18-8)19(16,17)15-10-4-2-3-9-7-13-14-12(9)10/h2-7,15H,1H3,(H,13,14). The largest absolute Gasteiger partial charge is 0.277 e. The number of para-hydroxylation sites is 1. The minimum Gasteiger partial charge on any atom is -0.277 e. The van der Waals surface area contributed by atoms with Gasteiger partial charge in [-0.15, -0.1) is 11.3 Å². The van der Waals surface area contributed by atoms with E-state index in [4.69, 9.17) is 0 Å². The molecule has 0 unspecified atom stereocenters. The fraction of sp³-hybridized carbons (Fsp3) is 0.0833. The van der Waals surface area contributed by atoms with Gasteiger partial charge in [0, 0.05) is 10.3 Å². The quantitative estimate of drug-likeness (QED) is 0.779. The van der Waals surface area contributed by atoms with E-state index < -0.39 is 10.0 Å². The first-order chi connectivity index (χ1) is 9.06. The highest BCUT2D eigenvalue weighted by molar-refractivity contribution is 7.94. The van der Waals surface area contributed by atoms with E-state index in [2.05, 4.69) is 14.9 Å². The number of aromatic nitrogens is 2. The lowest BCUT2D eigenvalue weighted by Crippen LogP contribution is -2.11. The number of sulfonamides is 1. The van der Waals surface area contributed by atoms with Crippen LogP contribution < -0.4 is 4.72 Å². The van der Waals surface area contributed by atoms with Gasteiger partial charge in [-0.05, 0) is 25.1 Å². The Morgan fingerprint density at radius 3 is 2.84 bits per heavy atom. The van der Waals surface area contributed by atoms with Gasteiger partial charge >= 0.3 is 0 Å². The van der Waals surface area contributed by atoms with Crippen LogP contribution in [-0.2, 0) is 10.0 Å². The van der Waals surface area contributed by atoms with E-state index >= 15 is 0 Å². The fourth-order valence-electron chi connectivity index (χ4n) is 1.81. The predicted molar refractivity (Wildman–Crippen MR) is 76.0 cm³/mol. The number of anilines is 1. The summed E-state index contributed by atoms with van der Waals surface area (Å²) < 4.78 is 27.4. The van der Waals surface area contributed by atoms with Crippen LogP contribution in [0.3, 0.4) is 0 Å².